The minimum Gasteiger partial charge on any atom is -0.357 e. The monoisotopic (exact) mass is 275 g/mol. The second-order valence-electron chi connectivity index (χ2n) is 5.93. The molecule has 20 heavy (non-hydrogen) atoms. The van der Waals surface area contributed by atoms with Crippen LogP contribution in [-0.2, 0) is 6.54 Å². The highest BCUT2D eigenvalue weighted by molar-refractivity contribution is 5.42. The molecule has 0 radical (unpaired) electrons. The minimum atomic E-state index is 0.921. The van der Waals surface area contributed by atoms with Gasteiger partial charge in [0, 0.05) is 25.3 Å². The fraction of sp³-hybridized carbons (Fsp3) is 0.706. The van der Waals surface area contributed by atoms with Crippen LogP contribution < -0.4 is 10.2 Å². The molecule has 1 aromatic rings. The van der Waals surface area contributed by atoms with Gasteiger partial charge in [0.15, 0.2) is 0 Å². The Bertz CT molecular complexity index is 409. The van der Waals surface area contributed by atoms with Crippen LogP contribution in [0.4, 0.5) is 5.82 Å². The third kappa shape index (κ3) is 3.95. The lowest BCUT2D eigenvalue weighted by Crippen LogP contribution is -2.34. The molecule has 0 aromatic carbocycles. The highest BCUT2D eigenvalue weighted by atomic mass is 15.2. The van der Waals surface area contributed by atoms with Crippen LogP contribution in [0.15, 0.2) is 12.1 Å². The number of hydrogen-bond donors (Lipinski definition) is 1. The van der Waals surface area contributed by atoms with E-state index in [1.807, 2.05) is 0 Å². The van der Waals surface area contributed by atoms with Crippen molar-refractivity contribution < 1.29 is 0 Å². The maximum Gasteiger partial charge on any atom is 0.128 e. The van der Waals surface area contributed by atoms with Crippen molar-refractivity contribution in [1.82, 2.24) is 10.3 Å². The SMILES string of the molecule is CCCNCc1ccc(N2CCC(CC)CC2)nc1C. The number of pyridine rings is 1. The van der Waals surface area contributed by atoms with Crippen LogP contribution in [0.2, 0.25) is 0 Å². The number of rotatable bonds is 6. The largest absolute Gasteiger partial charge is 0.357 e. The first kappa shape index (κ1) is 15.3. The third-order valence-corrected chi connectivity index (χ3v) is 4.44. The Morgan fingerprint density at radius 3 is 2.60 bits per heavy atom. The van der Waals surface area contributed by atoms with E-state index in [9.17, 15) is 0 Å². The van der Waals surface area contributed by atoms with Crippen molar-refractivity contribution in [3.63, 3.8) is 0 Å². The molecule has 1 aliphatic rings. The number of nitrogens with zero attached hydrogens (tertiary/aromatic N) is 2. The van der Waals surface area contributed by atoms with Crippen molar-refractivity contribution in [2.45, 2.75) is 53.0 Å². The molecule has 0 spiro atoms. The van der Waals surface area contributed by atoms with Crippen LogP contribution in [-0.4, -0.2) is 24.6 Å². The van der Waals surface area contributed by atoms with Gasteiger partial charge >= 0.3 is 0 Å². The van der Waals surface area contributed by atoms with Gasteiger partial charge in [-0.2, -0.15) is 0 Å². The van der Waals surface area contributed by atoms with Gasteiger partial charge in [0.25, 0.3) is 0 Å². The van der Waals surface area contributed by atoms with Gasteiger partial charge < -0.3 is 10.2 Å². The molecule has 0 unspecified atom stereocenters. The lowest BCUT2D eigenvalue weighted by molar-refractivity contribution is 0.393. The summed E-state index contributed by atoms with van der Waals surface area (Å²) in [6.07, 6.45) is 5.13. The molecule has 2 rings (SSSR count). The molecule has 3 heteroatoms. The zero-order valence-corrected chi connectivity index (χ0v) is 13.3. The second kappa shape index (κ2) is 7.63. The van der Waals surface area contributed by atoms with Crippen molar-refractivity contribution in [3.8, 4) is 0 Å². The normalized spacial score (nSPS) is 16.6. The van der Waals surface area contributed by atoms with Crippen LogP contribution in [0, 0.1) is 12.8 Å². The first-order chi connectivity index (χ1) is 9.74. The van der Waals surface area contributed by atoms with Gasteiger partial charge in [-0.05, 0) is 50.3 Å². The molecular weight excluding hydrogens is 246 g/mol. The zero-order chi connectivity index (χ0) is 14.4. The van der Waals surface area contributed by atoms with Crippen LogP contribution in [0.25, 0.3) is 0 Å². The molecular formula is C17H29N3. The van der Waals surface area contributed by atoms with Gasteiger partial charge in [0.05, 0.1) is 0 Å². The second-order valence-corrected chi connectivity index (χ2v) is 5.93. The van der Waals surface area contributed by atoms with E-state index in [2.05, 4.69) is 43.1 Å². The highest BCUT2D eigenvalue weighted by Gasteiger charge is 2.19. The number of aromatic nitrogens is 1. The Balaban J connectivity index is 1.95. The molecule has 0 bridgehead atoms. The van der Waals surface area contributed by atoms with Gasteiger partial charge in [-0.1, -0.05) is 26.3 Å². The Hall–Kier alpha value is -1.09. The number of hydrogen-bond acceptors (Lipinski definition) is 3. The fourth-order valence-corrected chi connectivity index (χ4v) is 2.91. The summed E-state index contributed by atoms with van der Waals surface area (Å²) in [5.74, 6) is 2.08. The van der Waals surface area contributed by atoms with Gasteiger partial charge in [-0.15, -0.1) is 0 Å². The predicted octanol–water partition coefficient (Wildman–Crippen LogP) is 3.52. The molecule has 1 fully saturated rings. The maximum atomic E-state index is 4.81. The van der Waals surface area contributed by atoms with Crippen LogP contribution >= 0.6 is 0 Å². The van der Waals surface area contributed by atoms with Crippen molar-refractivity contribution in [2.24, 2.45) is 5.92 Å². The quantitative estimate of drug-likeness (QED) is 0.805. The lowest BCUT2D eigenvalue weighted by Gasteiger charge is -2.32. The first-order valence-electron chi connectivity index (χ1n) is 8.16. The van der Waals surface area contributed by atoms with E-state index in [1.165, 1.54) is 50.0 Å². The Kier molecular flexibility index (Phi) is 5.84. The van der Waals surface area contributed by atoms with E-state index in [4.69, 9.17) is 4.98 Å². The molecule has 0 aliphatic carbocycles. The number of anilines is 1. The molecule has 0 saturated carbocycles. The number of piperidine rings is 1. The van der Waals surface area contributed by atoms with Crippen molar-refractivity contribution in [1.29, 1.82) is 0 Å². The van der Waals surface area contributed by atoms with Crippen LogP contribution in [0.1, 0.15) is 50.8 Å². The molecule has 0 amide bonds. The summed E-state index contributed by atoms with van der Waals surface area (Å²) in [6.45, 7) is 11.0. The Labute approximate surface area is 123 Å². The predicted molar refractivity (Wildman–Crippen MR) is 86.2 cm³/mol. The van der Waals surface area contributed by atoms with E-state index in [0.717, 1.165) is 24.8 Å². The average molecular weight is 275 g/mol. The van der Waals surface area contributed by atoms with E-state index in [-0.39, 0.29) is 0 Å². The van der Waals surface area contributed by atoms with E-state index in [0.29, 0.717) is 0 Å². The molecule has 1 aromatic heterocycles. The van der Waals surface area contributed by atoms with Gasteiger partial charge in [-0.25, -0.2) is 4.98 Å². The van der Waals surface area contributed by atoms with Crippen LogP contribution in [0.5, 0.6) is 0 Å². The summed E-state index contributed by atoms with van der Waals surface area (Å²) in [5, 5.41) is 3.45. The maximum absolute atomic E-state index is 4.81. The van der Waals surface area contributed by atoms with Crippen molar-refractivity contribution in [2.75, 3.05) is 24.5 Å². The summed E-state index contributed by atoms with van der Waals surface area (Å²) in [5.41, 5.74) is 2.49. The molecule has 0 atom stereocenters. The average Bonchev–Trinajstić information content (AvgIpc) is 2.49. The molecule has 2 heterocycles. The topological polar surface area (TPSA) is 28.2 Å². The summed E-state index contributed by atoms with van der Waals surface area (Å²) in [4.78, 5) is 7.26. The molecule has 1 N–H and O–H groups in total. The fourth-order valence-electron chi connectivity index (χ4n) is 2.91. The molecule has 112 valence electrons. The van der Waals surface area contributed by atoms with Gasteiger partial charge in [0.1, 0.15) is 5.82 Å². The first-order valence-corrected chi connectivity index (χ1v) is 8.16. The van der Waals surface area contributed by atoms with E-state index < -0.39 is 0 Å². The molecule has 3 nitrogen and oxygen atoms in total. The van der Waals surface area contributed by atoms with Crippen LogP contribution in [0.3, 0.4) is 0 Å². The van der Waals surface area contributed by atoms with Crippen molar-refractivity contribution in [3.05, 3.63) is 23.4 Å². The summed E-state index contributed by atoms with van der Waals surface area (Å²) in [7, 11) is 0. The summed E-state index contributed by atoms with van der Waals surface area (Å²) >= 11 is 0. The lowest BCUT2D eigenvalue weighted by atomic mass is 9.94. The molecule has 1 saturated heterocycles. The summed E-state index contributed by atoms with van der Waals surface area (Å²) in [6, 6.07) is 4.44. The van der Waals surface area contributed by atoms with E-state index >= 15 is 0 Å². The summed E-state index contributed by atoms with van der Waals surface area (Å²) < 4.78 is 0. The zero-order valence-electron chi connectivity index (χ0n) is 13.3. The van der Waals surface area contributed by atoms with Gasteiger partial charge in [0.2, 0.25) is 0 Å². The molecule has 1 aliphatic heterocycles. The standard InChI is InChI=1S/C17H29N3/c1-4-10-18-13-16-6-7-17(19-14(16)3)20-11-8-15(5-2)9-12-20/h6-7,15,18H,4-5,8-13H2,1-3H3. The van der Waals surface area contributed by atoms with E-state index in [1.54, 1.807) is 0 Å². The number of aryl methyl sites for hydroxylation is 1. The number of nitrogens with one attached hydrogen (secondary N) is 1. The highest BCUT2D eigenvalue weighted by Crippen LogP contribution is 2.24. The third-order valence-electron chi connectivity index (χ3n) is 4.44. The minimum absolute atomic E-state index is 0.921. The van der Waals surface area contributed by atoms with Gasteiger partial charge in [-0.3, -0.25) is 0 Å². The smallest absolute Gasteiger partial charge is 0.128 e. The Morgan fingerprint density at radius 2 is 2.00 bits per heavy atom. The van der Waals surface area contributed by atoms with Crippen molar-refractivity contribution >= 4 is 5.82 Å². The Morgan fingerprint density at radius 1 is 1.25 bits per heavy atom.